The van der Waals surface area contributed by atoms with E-state index in [-0.39, 0.29) is 5.66 Å². The molecule has 2 aromatic carbocycles. The second-order valence-corrected chi connectivity index (χ2v) is 19.0. The Hall–Kier alpha value is -1.33. The van der Waals surface area contributed by atoms with Crippen LogP contribution < -0.4 is 10.6 Å². The van der Waals surface area contributed by atoms with Crippen molar-refractivity contribution in [3.05, 3.63) is 60.7 Å². The lowest BCUT2D eigenvalue weighted by atomic mass is 9.44. The van der Waals surface area contributed by atoms with Gasteiger partial charge >= 0.3 is 0 Å². The minimum absolute atomic E-state index is 0.276. The Morgan fingerprint density at radius 1 is 0.732 bits per heavy atom. The molecule has 0 spiro atoms. The average Bonchev–Trinajstić information content (AvgIpc) is 3.34. The quantitative estimate of drug-likeness (QED) is 0.288. The highest BCUT2D eigenvalue weighted by atomic mass is 31.2. The zero-order valence-corrected chi connectivity index (χ0v) is 27.6. The van der Waals surface area contributed by atoms with Crippen molar-refractivity contribution in [3.8, 4) is 0 Å². The summed E-state index contributed by atoms with van der Waals surface area (Å²) >= 11 is 0. The Kier molecular flexibility index (Phi) is 8.44. The molecule has 0 saturated heterocycles. The summed E-state index contributed by atoms with van der Waals surface area (Å²) < 4.78 is 15.2. The van der Waals surface area contributed by atoms with Gasteiger partial charge in [-0.2, -0.15) is 0 Å². The molecule has 4 saturated carbocycles. The third-order valence-corrected chi connectivity index (χ3v) is 17.3. The summed E-state index contributed by atoms with van der Waals surface area (Å²) in [5.74, 6) is 6.12. The third kappa shape index (κ3) is 5.13. The van der Waals surface area contributed by atoms with Gasteiger partial charge in [-0.1, -0.05) is 115 Å². The van der Waals surface area contributed by atoms with Crippen LogP contribution in [0.4, 0.5) is 0 Å². The van der Waals surface area contributed by atoms with Crippen molar-refractivity contribution in [1.29, 1.82) is 0 Å². The molecule has 2 heteroatoms. The van der Waals surface area contributed by atoms with E-state index in [1.807, 2.05) is 0 Å². The maximum atomic E-state index is 15.2. The molecule has 9 atom stereocenters. The smallest absolute Gasteiger partial charge is 0.146 e. The van der Waals surface area contributed by atoms with E-state index in [2.05, 4.69) is 95.3 Å². The van der Waals surface area contributed by atoms with Crippen molar-refractivity contribution in [2.75, 3.05) is 0 Å². The Labute approximate surface area is 252 Å². The van der Waals surface area contributed by atoms with E-state index < -0.39 is 7.14 Å². The van der Waals surface area contributed by atoms with Gasteiger partial charge < -0.3 is 4.57 Å². The summed E-state index contributed by atoms with van der Waals surface area (Å²) in [6, 6.07) is 21.0. The summed E-state index contributed by atoms with van der Waals surface area (Å²) in [6.45, 7) is 12.8. The number of benzene rings is 2. The van der Waals surface area contributed by atoms with Gasteiger partial charge in [0, 0.05) is 16.3 Å². The Bertz CT molecular complexity index is 1160. The number of rotatable bonds is 8. The van der Waals surface area contributed by atoms with Crippen LogP contribution in [0.25, 0.3) is 0 Å². The van der Waals surface area contributed by atoms with Crippen molar-refractivity contribution >= 4 is 17.8 Å². The van der Waals surface area contributed by atoms with Crippen LogP contribution in [0.3, 0.4) is 0 Å². The third-order valence-electron chi connectivity index (χ3n) is 13.6. The molecular weight excluding hydrogens is 515 g/mol. The van der Waals surface area contributed by atoms with E-state index in [1.54, 1.807) is 0 Å². The van der Waals surface area contributed by atoms with E-state index in [0.29, 0.717) is 10.8 Å². The van der Waals surface area contributed by atoms with Crippen molar-refractivity contribution in [2.24, 2.45) is 52.3 Å². The van der Waals surface area contributed by atoms with Gasteiger partial charge in [-0.15, -0.1) is 0 Å². The number of fused-ring (bicyclic) bond motifs is 5. The van der Waals surface area contributed by atoms with Crippen LogP contribution in [-0.2, 0) is 4.57 Å². The van der Waals surface area contributed by atoms with Crippen molar-refractivity contribution < 1.29 is 4.57 Å². The number of hydrogen-bond donors (Lipinski definition) is 0. The predicted molar refractivity (Wildman–Crippen MR) is 177 cm³/mol. The van der Waals surface area contributed by atoms with E-state index in [1.165, 1.54) is 64.2 Å². The van der Waals surface area contributed by atoms with E-state index >= 15 is 4.57 Å². The molecule has 224 valence electrons. The molecule has 4 aliphatic rings. The lowest BCUT2D eigenvalue weighted by Gasteiger charge is -2.61. The van der Waals surface area contributed by atoms with E-state index in [4.69, 9.17) is 0 Å². The first kappa shape index (κ1) is 29.7. The van der Waals surface area contributed by atoms with Crippen molar-refractivity contribution in [1.82, 2.24) is 0 Å². The van der Waals surface area contributed by atoms with Gasteiger partial charge in [-0.25, -0.2) is 0 Å². The molecule has 0 radical (unpaired) electrons. The van der Waals surface area contributed by atoms with Gasteiger partial charge in [0.15, 0.2) is 0 Å². The van der Waals surface area contributed by atoms with Crippen LogP contribution in [0.15, 0.2) is 60.7 Å². The second-order valence-electron chi connectivity index (χ2n) is 15.9. The fraction of sp³-hybridized carbons (Fsp3) is 0.692. The van der Waals surface area contributed by atoms with Gasteiger partial charge in [0.1, 0.15) is 7.14 Å². The molecule has 0 heterocycles. The maximum absolute atomic E-state index is 15.2. The molecule has 0 unspecified atom stereocenters. The fourth-order valence-corrected chi connectivity index (χ4v) is 14.9. The van der Waals surface area contributed by atoms with E-state index in [0.717, 1.165) is 64.9 Å². The van der Waals surface area contributed by atoms with Crippen LogP contribution in [0.5, 0.6) is 0 Å². The fourth-order valence-electron chi connectivity index (χ4n) is 11.5. The lowest BCUT2D eigenvalue weighted by Crippen LogP contribution is -2.54. The highest BCUT2D eigenvalue weighted by molar-refractivity contribution is 7.79. The normalized spacial score (nSPS) is 37.7. The van der Waals surface area contributed by atoms with Crippen LogP contribution in [0.2, 0.25) is 0 Å². The first-order valence-electron chi connectivity index (χ1n) is 17.4. The summed E-state index contributed by atoms with van der Waals surface area (Å²) in [5, 5.41) is 2.14. The molecule has 4 aliphatic carbocycles. The zero-order valence-electron chi connectivity index (χ0n) is 26.7. The first-order valence-corrected chi connectivity index (χ1v) is 19.2. The summed E-state index contributed by atoms with van der Waals surface area (Å²) in [4.78, 5) is 0. The molecule has 0 amide bonds. The standard InChI is InChI=1S/C39H57OP/c1-28(2)13-12-14-29(3)35-21-22-36-34-20-19-30-27-33(23-25-38(30,4)37(34)24-26-39(35,36)5)41(40,31-15-8-6-9-16-31)32-17-10-7-11-18-32/h6-11,15-18,28-30,33-37H,12-14,19-27H2,1-5H3/t29-,30+,33+,34-,35+,36-,37-,38+,39+/m1/s1. The molecule has 0 aromatic heterocycles. The minimum Gasteiger partial charge on any atom is -0.313 e. The van der Waals surface area contributed by atoms with Gasteiger partial charge in [0.05, 0.1) is 0 Å². The maximum Gasteiger partial charge on any atom is 0.146 e. The van der Waals surface area contributed by atoms with Gasteiger partial charge in [0.25, 0.3) is 0 Å². The molecule has 0 N–H and O–H groups in total. The molecular formula is C39H57OP. The molecule has 41 heavy (non-hydrogen) atoms. The molecule has 2 aromatic rings. The monoisotopic (exact) mass is 572 g/mol. The van der Waals surface area contributed by atoms with Crippen LogP contribution in [0, 0.1) is 52.3 Å². The summed E-state index contributed by atoms with van der Waals surface area (Å²) in [7, 11) is -2.69. The minimum atomic E-state index is -2.69. The zero-order chi connectivity index (χ0) is 28.8. The highest BCUT2D eigenvalue weighted by Gasteiger charge is 2.61. The second kappa shape index (κ2) is 11.6. The van der Waals surface area contributed by atoms with Crippen LogP contribution >= 0.6 is 7.14 Å². The molecule has 4 fully saturated rings. The number of hydrogen-bond acceptors (Lipinski definition) is 1. The Morgan fingerprint density at radius 3 is 1.98 bits per heavy atom. The molecule has 0 aliphatic heterocycles. The summed E-state index contributed by atoms with van der Waals surface area (Å²) in [6.07, 6.45) is 16.4. The molecule has 6 rings (SSSR count). The highest BCUT2D eigenvalue weighted by Crippen LogP contribution is 2.70. The molecule has 1 nitrogen and oxygen atoms in total. The first-order chi connectivity index (χ1) is 19.7. The van der Waals surface area contributed by atoms with E-state index in [9.17, 15) is 0 Å². The Balaban J connectivity index is 1.20. The van der Waals surface area contributed by atoms with Crippen molar-refractivity contribution in [3.63, 3.8) is 0 Å². The predicted octanol–water partition coefficient (Wildman–Crippen LogP) is 10.5. The van der Waals surface area contributed by atoms with Gasteiger partial charge in [0.2, 0.25) is 0 Å². The van der Waals surface area contributed by atoms with Gasteiger partial charge in [-0.3, -0.25) is 0 Å². The lowest BCUT2D eigenvalue weighted by molar-refractivity contribution is -0.113. The summed E-state index contributed by atoms with van der Waals surface area (Å²) in [5.41, 5.74) is 1.27. The topological polar surface area (TPSA) is 17.1 Å². The molecule has 0 bridgehead atoms. The van der Waals surface area contributed by atoms with Crippen molar-refractivity contribution in [2.45, 2.75) is 117 Å². The van der Waals surface area contributed by atoms with Gasteiger partial charge in [-0.05, 0) is 110 Å². The average molecular weight is 573 g/mol. The largest absolute Gasteiger partial charge is 0.313 e. The SMILES string of the molecule is CC(C)CCC[C@@H](C)[C@@H]1CC[C@@H]2[C@H]3CC[C@H]4C[C@@H](P(=O)(c5ccccc5)c5ccccc5)CC[C@]4(C)[C@@H]3CC[C@]21C. The van der Waals surface area contributed by atoms with Crippen LogP contribution in [-0.4, -0.2) is 5.66 Å². The van der Waals surface area contributed by atoms with Crippen LogP contribution in [0.1, 0.15) is 112 Å². The Morgan fingerprint density at radius 2 is 1.34 bits per heavy atom.